The number of fused-ring (bicyclic) bond motifs is 2. The van der Waals surface area contributed by atoms with E-state index in [4.69, 9.17) is 14.2 Å². The fraction of sp³-hybridized carbons (Fsp3) is 0.429. The molecule has 36 heavy (non-hydrogen) atoms. The highest BCUT2D eigenvalue weighted by atomic mass is 32.2. The highest BCUT2D eigenvalue weighted by Gasteiger charge is 2.37. The minimum atomic E-state index is -4.59. The number of aromatic amines is 1. The van der Waals surface area contributed by atoms with Gasteiger partial charge in [-0.3, -0.25) is 0 Å². The summed E-state index contributed by atoms with van der Waals surface area (Å²) in [6.45, 7) is 3.30. The number of morpholine rings is 1. The van der Waals surface area contributed by atoms with Crippen LogP contribution < -0.4 is 25.4 Å². The number of nitrogens with one attached hydrogen (secondary N) is 4. The fourth-order valence-corrected chi connectivity index (χ4v) is 5.61. The SMILES string of the molecule is CCNc1nc(Nc2ccc(S(=O)(=O)C3CNCCO3)c3c2OCCO3)nc2[nH]cc(C(F)(F)F)c12. The van der Waals surface area contributed by atoms with Gasteiger partial charge in [-0.1, -0.05) is 0 Å². The van der Waals surface area contributed by atoms with E-state index in [2.05, 4.69) is 30.9 Å². The third-order valence-corrected chi connectivity index (χ3v) is 7.56. The molecule has 3 aromatic rings. The number of halogens is 3. The number of H-pyrrole nitrogens is 1. The Morgan fingerprint density at radius 2 is 1.92 bits per heavy atom. The number of benzene rings is 1. The van der Waals surface area contributed by atoms with Crippen LogP contribution in [0.1, 0.15) is 12.5 Å². The molecule has 4 N–H and O–H groups in total. The molecule has 1 fully saturated rings. The lowest BCUT2D eigenvalue weighted by atomic mass is 10.2. The fourth-order valence-electron chi connectivity index (χ4n) is 4.05. The Morgan fingerprint density at radius 3 is 2.61 bits per heavy atom. The normalized spacial score (nSPS) is 18.3. The van der Waals surface area contributed by atoms with Gasteiger partial charge in [0.1, 0.15) is 29.6 Å². The molecule has 15 heteroatoms. The smallest absolute Gasteiger partial charge is 0.418 e. The Kier molecular flexibility index (Phi) is 6.30. The van der Waals surface area contributed by atoms with Crippen LogP contribution in [-0.2, 0) is 20.8 Å². The van der Waals surface area contributed by atoms with Crippen molar-refractivity contribution in [3.8, 4) is 11.5 Å². The van der Waals surface area contributed by atoms with Gasteiger partial charge in [-0.25, -0.2) is 8.42 Å². The van der Waals surface area contributed by atoms with E-state index in [-0.39, 0.29) is 71.2 Å². The van der Waals surface area contributed by atoms with E-state index in [9.17, 15) is 21.6 Å². The maximum atomic E-state index is 13.5. The average molecular weight is 529 g/mol. The van der Waals surface area contributed by atoms with Gasteiger partial charge < -0.3 is 35.1 Å². The van der Waals surface area contributed by atoms with Gasteiger partial charge >= 0.3 is 6.18 Å². The Morgan fingerprint density at radius 1 is 1.14 bits per heavy atom. The second kappa shape index (κ2) is 9.29. The predicted octanol–water partition coefficient (Wildman–Crippen LogP) is 2.64. The summed E-state index contributed by atoms with van der Waals surface area (Å²) in [7, 11) is -3.92. The number of aromatic nitrogens is 3. The molecule has 194 valence electrons. The van der Waals surface area contributed by atoms with Crippen molar-refractivity contribution < 1.29 is 35.8 Å². The zero-order valence-corrected chi connectivity index (χ0v) is 19.8. The van der Waals surface area contributed by atoms with Crippen molar-refractivity contribution in [2.45, 2.75) is 23.4 Å². The molecule has 0 bridgehead atoms. The number of ether oxygens (including phenoxy) is 3. The van der Waals surface area contributed by atoms with Crippen LogP contribution in [0.4, 0.5) is 30.6 Å². The molecule has 5 rings (SSSR count). The highest BCUT2D eigenvalue weighted by Crippen LogP contribution is 2.45. The number of alkyl halides is 3. The van der Waals surface area contributed by atoms with Crippen molar-refractivity contribution in [3.63, 3.8) is 0 Å². The maximum Gasteiger partial charge on any atom is 0.418 e. The lowest BCUT2D eigenvalue weighted by Crippen LogP contribution is -2.43. The maximum absolute atomic E-state index is 13.5. The van der Waals surface area contributed by atoms with Crippen LogP contribution in [0.2, 0.25) is 0 Å². The average Bonchev–Trinajstić information content (AvgIpc) is 3.30. The topological polar surface area (TPSA) is 139 Å². The Labute approximate surface area is 203 Å². The number of hydrogen-bond donors (Lipinski definition) is 4. The van der Waals surface area contributed by atoms with E-state index < -0.39 is 27.0 Å². The summed E-state index contributed by atoms with van der Waals surface area (Å²) in [6, 6.07) is 2.83. The van der Waals surface area contributed by atoms with Crippen LogP contribution in [0.5, 0.6) is 11.5 Å². The first-order valence-corrected chi connectivity index (χ1v) is 12.7. The molecule has 0 amide bonds. The second-order valence-corrected chi connectivity index (χ2v) is 10.0. The van der Waals surface area contributed by atoms with Crippen molar-refractivity contribution in [2.75, 3.05) is 50.1 Å². The number of anilines is 3. The van der Waals surface area contributed by atoms with Crippen LogP contribution in [-0.4, -0.2) is 68.3 Å². The molecule has 0 saturated carbocycles. The van der Waals surface area contributed by atoms with Crippen molar-refractivity contribution in [1.82, 2.24) is 20.3 Å². The van der Waals surface area contributed by atoms with Crippen LogP contribution in [0.25, 0.3) is 11.0 Å². The molecule has 1 unspecified atom stereocenters. The predicted molar refractivity (Wildman–Crippen MR) is 124 cm³/mol. The summed E-state index contributed by atoms with van der Waals surface area (Å²) < 4.78 is 83.7. The lowest BCUT2D eigenvalue weighted by Gasteiger charge is -2.27. The molecule has 0 spiro atoms. The third kappa shape index (κ3) is 4.37. The van der Waals surface area contributed by atoms with Gasteiger partial charge in [0.15, 0.2) is 16.9 Å². The van der Waals surface area contributed by atoms with Gasteiger partial charge in [-0.2, -0.15) is 23.1 Å². The van der Waals surface area contributed by atoms with Crippen molar-refractivity contribution in [2.24, 2.45) is 0 Å². The van der Waals surface area contributed by atoms with E-state index in [1.54, 1.807) is 6.92 Å². The van der Waals surface area contributed by atoms with Crippen molar-refractivity contribution >= 4 is 38.3 Å². The molecule has 0 radical (unpaired) electrons. The molecule has 1 saturated heterocycles. The molecule has 0 aliphatic carbocycles. The molecular weight excluding hydrogens is 505 g/mol. The van der Waals surface area contributed by atoms with Crippen molar-refractivity contribution in [1.29, 1.82) is 0 Å². The first-order chi connectivity index (χ1) is 17.2. The lowest BCUT2D eigenvalue weighted by molar-refractivity contribution is -0.136. The van der Waals surface area contributed by atoms with Crippen LogP contribution in [0.15, 0.2) is 23.2 Å². The molecule has 1 atom stereocenters. The van der Waals surface area contributed by atoms with Gasteiger partial charge in [0.05, 0.1) is 23.2 Å². The Balaban J connectivity index is 1.54. The van der Waals surface area contributed by atoms with E-state index >= 15 is 0 Å². The van der Waals surface area contributed by atoms with Crippen LogP contribution >= 0.6 is 0 Å². The zero-order chi connectivity index (χ0) is 25.5. The van der Waals surface area contributed by atoms with Gasteiger partial charge in [0, 0.05) is 25.8 Å². The third-order valence-electron chi connectivity index (χ3n) is 5.63. The zero-order valence-electron chi connectivity index (χ0n) is 19.0. The summed E-state index contributed by atoms with van der Waals surface area (Å²) in [4.78, 5) is 10.9. The molecule has 2 aromatic heterocycles. The number of rotatable bonds is 6. The number of sulfone groups is 1. The minimum Gasteiger partial charge on any atom is -0.485 e. The second-order valence-electron chi connectivity index (χ2n) is 7.99. The Bertz CT molecular complexity index is 1390. The van der Waals surface area contributed by atoms with E-state index in [0.29, 0.717) is 13.1 Å². The quantitative estimate of drug-likeness (QED) is 0.378. The molecule has 2 aliphatic rings. The highest BCUT2D eigenvalue weighted by molar-refractivity contribution is 7.92. The summed E-state index contributed by atoms with van der Waals surface area (Å²) in [5.41, 5.74) is -1.70. The Hall–Kier alpha value is -3.30. The summed E-state index contributed by atoms with van der Waals surface area (Å²) in [5.74, 6) is 0.112. The summed E-state index contributed by atoms with van der Waals surface area (Å²) in [5, 5.41) is 8.57. The molecule has 2 aliphatic heterocycles. The van der Waals surface area contributed by atoms with Gasteiger partial charge in [-0.05, 0) is 19.1 Å². The molecule has 1 aromatic carbocycles. The van der Waals surface area contributed by atoms with E-state index in [0.717, 1.165) is 6.20 Å². The summed E-state index contributed by atoms with van der Waals surface area (Å²) in [6.07, 6.45) is -3.76. The molecular formula is C21H23F3N6O5S. The minimum absolute atomic E-state index is 0.00856. The standard InChI is InChI=1S/C21H23F3N6O5S/c1-2-26-18-15-11(21(22,23)24)9-27-19(15)30-20(29-18)28-12-3-4-13(17-16(12)34-7-8-35-17)36(31,32)14-10-25-5-6-33-14/h3-4,9,14,25H,2,5-8,10H2,1H3,(H3,26,27,28,29,30). The van der Waals surface area contributed by atoms with E-state index in [1.807, 2.05) is 0 Å². The molecule has 4 heterocycles. The van der Waals surface area contributed by atoms with Crippen LogP contribution in [0, 0.1) is 0 Å². The van der Waals surface area contributed by atoms with Gasteiger partial charge in [0.2, 0.25) is 15.8 Å². The number of hydrogen-bond acceptors (Lipinski definition) is 10. The first kappa shape index (κ1) is 24.4. The first-order valence-electron chi connectivity index (χ1n) is 11.2. The summed E-state index contributed by atoms with van der Waals surface area (Å²) >= 11 is 0. The monoisotopic (exact) mass is 528 g/mol. The van der Waals surface area contributed by atoms with Gasteiger partial charge in [-0.15, -0.1) is 0 Å². The van der Waals surface area contributed by atoms with Gasteiger partial charge in [0.25, 0.3) is 0 Å². The molecule has 11 nitrogen and oxygen atoms in total. The number of nitrogens with zero attached hydrogens (tertiary/aromatic N) is 2. The van der Waals surface area contributed by atoms with E-state index in [1.165, 1.54) is 12.1 Å². The largest absolute Gasteiger partial charge is 0.485 e. The van der Waals surface area contributed by atoms with Crippen LogP contribution in [0.3, 0.4) is 0 Å². The van der Waals surface area contributed by atoms with Crippen molar-refractivity contribution in [3.05, 3.63) is 23.9 Å².